The van der Waals surface area contributed by atoms with Gasteiger partial charge in [0.1, 0.15) is 23.0 Å². The third-order valence-corrected chi connectivity index (χ3v) is 6.35. The Morgan fingerprint density at radius 2 is 0.927 bits per heavy atom. The van der Waals surface area contributed by atoms with Crippen molar-refractivity contribution in [3.63, 3.8) is 0 Å². The van der Waals surface area contributed by atoms with Crippen LogP contribution in [0.2, 0.25) is 0 Å². The molecule has 0 saturated heterocycles. The Morgan fingerprint density at radius 1 is 0.561 bits per heavy atom. The van der Waals surface area contributed by atoms with E-state index in [9.17, 15) is 39.6 Å². The molecular formula is C31H24O10. The maximum Gasteiger partial charge on any atom is 0.337 e. The zero-order valence-corrected chi connectivity index (χ0v) is 21.6. The van der Waals surface area contributed by atoms with E-state index in [1.807, 2.05) is 0 Å². The molecule has 4 aromatic rings. The lowest BCUT2D eigenvalue weighted by molar-refractivity contribution is 0.0648. The van der Waals surface area contributed by atoms with Crippen LogP contribution in [0.1, 0.15) is 71.8 Å². The fourth-order valence-electron chi connectivity index (χ4n) is 4.67. The van der Waals surface area contributed by atoms with Crippen molar-refractivity contribution in [3.8, 4) is 23.0 Å². The molecule has 10 heteroatoms. The number of rotatable bonds is 11. The van der Waals surface area contributed by atoms with Gasteiger partial charge in [0.05, 0.1) is 22.3 Å². The van der Waals surface area contributed by atoms with E-state index in [-0.39, 0.29) is 29.0 Å². The standard InChI is InChI=1S/C31H24O10/c1-2-19(24-22(40-17-9-5-3-6-10-17)15-13-20(28(32)33)26(24)30(36)37)25-23(41-18-11-7-4-8-12-18)16-14-21(29(34)35)27(25)31(38)39/h3-16,19H,2H2,1H3,(H,32,33)(H,34,35)(H,36,37)(H,38,39). The van der Waals surface area contributed by atoms with Crippen LogP contribution in [0, 0.1) is 0 Å². The van der Waals surface area contributed by atoms with E-state index in [0.717, 1.165) is 12.1 Å². The lowest BCUT2D eigenvalue weighted by Gasteiger charge is -2.26. The van der Waals surface area contributed by atoms with Crippen LogP contribution in [0.25, 0.3) is 0 Å². The van der Waals surface area contributed by atoms with E-state index >= 15 is 0 Å². The molecule has 0 amide bonds. The van der Waals surface area contributed by atoms with Crippen LogP contribution in [0.4, 0.5) is 0 Å². The summed E-state index contributed by atoms with van der Waals surface area (Å²) in [5.74, 6) is -6.91. The monoisotopic (exact) mass is 556 g/mol. The zero-order valence-electron chi connectivity index (χ0n) is 21.6. The molecule has 0 saturated carbocycles. The lowest BCUT2D eigenvalue weighted by atomic mass is 9.80. The van der Waals surface area contributed by atoms with Crippen molar-refractivity contribution in [2.45, 2.75) is 19.3 Å². The smallest absolute Gasteiger partial charge is 0.337 e. The van der Waals surface area contributed by atoms with Gasteiger partial charge >= 0.3 is 23.9 Å². The van der Waals surface area contributed by atoms with Crippen LogP contribution in [0.15, 0.2) is 84.9 Å². The second kappa shape index (κ2) is 12.0. The molecule has 0 aliphatic carbocycles. The van der Waals surface area contributed by atoms with Crippen LogP contribution in [-0.2, 0) is 0 Å². The van der Waals surface area contributed by atoms with Gasteiger partial charge in [0.2, 0.25) is 0 Å². The highest BCUT2D eigenvalue weighted by molar-refractivity contribution is 6.05. The van der Waals surface area contributed by atoms with E-state index in [2.05, 4.69) is 0 Å². The van der Waals surface area contributed by atoms with Crippen LogP contribution in [0.5, 0.6) is 23.0 Å². The Kier molecular flexibility index (Phi) is 8.33. The lowest BCUT2D eigenvalue weighted by Crippen LogP contribution is -2.19. The molecule has 4 N–H and O–H groups in total. The van der Waals surface area contributed by atoms with E-state index in [4.69, 9.17) is 9.47 Å². The minimum atomic E-state index is -1.59. The summed E-state index contributed by atoms with van der Waals surface area (Å²) in [4.78, 5) is 49.5. The molecule has 4 rings (SSSR count). The molecule has 0 aliphatic heterocycles. The maximum absolute atomic E-state index is 12.6. The van der Waals surface area contributed by atoms with Crippen molar-refractivity contribution in [3.05, 3.63) is 118 Å². The summed E-state index contributed by atoms with van der Waals surface area (Å²) < 4.78 is 12.0. The predicted molar refractivity (Wildman–Crippen MR) is 146 cm³/mol. The number of carboxylic acids is 4. The van der Waals surface area contributed by atoms with Crippen LogP contribution < -0.4 is 9.47 Å². The molecule has 0 bridgehead atoms. The highest BCUT2D eigenvalue weighted by Gasteiger charge is 2.35. The molecule has 0 aliphatic rings. The van der Waals surface area contributed by atoms with Gasteiger partial charge in [-0.2, -0.15) is 0 Å². The van der Waals surface area contributed by atoms with Gasteiger partial charge in [-0.15, -0.1) is 0 Å². The summed E-state index contributed by atoms with van der Waals surface area (Å²) in [5.41, 5.74) is -2.65. The third kappa shape index (κ3) is 5.86. The van der Waals surface area contributed by atoms with E-state index in [1.165, 1.54) is 12.1 Å². The Balaban J connectivity index is 2.11. The number of aromatic carboxylic acids is 4. The van der Waals surface area contributed by atoms with Crippen molar-refractivity contribution in [2.24, 2.45) is 0 Å². The van der Waals surface area contributed by atoms with Crippen LogP contribution in [0.3, 0.4) is 0 Å². The minimum Gasteiger partial charge on any atom is -0.478 e. The van der Waals surface area contributed by atoms with Crippen LogP contribution in [-0.4, -0.2) is 44.3 Å². The van der Waals surface area contributed by atoms with Gasteiger partial charge in [-0.1, -0.05) is 43.3 Å². The molecule has 208 valence electrons. The summed E-state index contributed by atoms with van der Waals surface area (Å²) in [5, 5.41) is 40.2. The summed E-state index contributed by atoms with van der Waals surface area (Å²) in [6, 6.07) is 21.4. The summed E-state index contributed by atoms with van der Waals surface area (Å²) in [6.07, 6.45) is 0.0169. The van der Waals surface area contributed by atoms with Gasteiger partial charge in [-0.3, -0.25) is 0 Å². The van der Waals surface area contributed by atoms with Crippen LogP contribution >= 0.6 is 0 Å². The number of ether oxygens (including phenoxy) is 2. The zero-order chi connectivity index (χ0) is 29.7. The molecule has 4 aromatic carbocycles. The molecule has 0 spiro atoms. The number of carboxylic acid groups (broad SMARTS) is 4. The van der Waals surface area contributed by atoms with Crippen molar-refractivity contribution in [2.75, 3.05) is 0 Å². The first-order chi connectivity index (χ1) is 19.6. The fraction of sp³-hybridized carbons (Fsp3) is 0.0968. The van der Waals surface area contributed by atoms with E-state index < -0.39 is 52.0 Å². The molecule has 0 atom stereocenters. The van der Waals surface area contributed by atoms with Gasteiger partial charge < -0.3 is 29.9 Å². The average Bonchev–Trinajstić information content (AvgIpc) is 2.95. The summed E-state index contributed by atoms with van der Waals surface area (Å²) >= 11 is 0. The number of para-hydroxylation sites is 2. The second-order valence-corrected chi connectivity index (χ2v) is 8.81. The highest BCUT2D eigenvalue weighted by atomic mass is 16.5. The van der Waals surface area contributed by atoms with Gasteiger partial charge in [0, 0.05) is 17.0 Å². The first-order valence-electron chi connectivity index (χ1n) is 12.4. The average molecular weight is 557 g/mol. The van der Waals surface area contributed by atoms with Gasteiger partial charge in [0.15, 0.2) is 0 Å². The second-order valence-electron chi connectivity index (χ2n) is 8.81. The van der Waals surface area contributed by atoms with Crippen molar-refractivity contribution in [1.82, 2.24) is 0 Å². The summed E-state index contributed by atoms with van der Waals surface area (Å²) in [7, 11) is 0. The molecular weight excluding hydrogens is 532 g/mol. The Morgan fingerprint density at radius 3 is 1.22 bits per heavy atom. The predicted octanol–water partition coefficient (Wildman–Crippen LogP) is 6.61. The molecule has 41 heavy (non-hydrogen) atoms. The quantitative estimate of drug-likeness (QED) is 0.158. The Hall–Kier alpha value is -5.64. The molecule has 0 fully saturated rings. The first-order valence-corrected chi connectivity index (χ1v) is 12.4. The van der Waals surface area contributed by atoms with Gasteiger partial charge in [-0.05, 0) is 55.0 Å². The number of hydrogen-bond acceptors (Lipinski definition) is 6. The van der Waals surface area contributed by atoms with Gasteiger partial charge in [-0.25, -0.2) is 19.2 Å². The van der Waals surface area contributed by atoms with Crippen molar-refractivity contribution < 1.29 is 49.1 Å². The van der Waals surface area contributed by atoms with Crippen molar-refractivity contribution >= 4 is 23.9 Å². The van der Waals surface area contributed by atoms with E-state index in [1.54, 1.807) is 67.6 Å². The highest BCUT2D eigenvalue weighted by Crippen LogP contribution is 2.46. The van der Waals surface area contributed by atoms with Crippen molar-refractivity contribution in [1.29, 1.82) is 0 Å². The molecule has 0 unspecified atom stereocenters. The Bertz CT molecular complexity index is 1510. The molecule has 0 heterocycles. The van der Waals surface area contributed by atoms with E-state index in [0.29, 0.717) is 11.5 Å². The number of hydrogen-bond donors (Lipinski definition) is 4. The maximum atomic E-state index is 12.6. The first kappa shape index (κ1) is 28.4. The third-order valence-electron chi connectivity index (χ3n) is 6.35. The molecule has 0 aromatic heterocycles. The normalized spacial score (nSPS) is 10.7. The Labute approximate surface area is 233 Å². The minimum absolute atomic E-state index is 0.0169. The molecule has 10 nitrogen and oxygen atoms in total. The SMILES string of the molecule is CCC(c1c(Oc2ccccc2)ccc(C(=O)O)c1C(=O)O)c1c(Oc2ccccc2)ccc(C(=O)O)c1C(=O)O. The number of carbonyl (C=O) groups is 4. The molecule has 0 radical (unpaired) electrons. The van der Waals surface area contributed by atoms with Gasteiger partial charge in [0.25, 0.3) is 0 Å². The largest absolute Gasteiger partial charge is 0.478 e. The number of benzene rings is 4. The topological polar surface area (TPSA) is 168 Å². The summed E-state index contributed by atoms with van der Waals surface area (Å²) in [6.45, 7) is 1.63. The fourth-order valence-corrected chi connectivity index (χ4v) is 4.67.